The van der Waals surface area contributed by atoms with E-state index in [4.69, 9.17) is 23.2 Å². The maximum atomic E-state index is 12.3. The molecule has 1 aromatic carbocycles. The van der Waals surface area contributed by atoms with Gasteiger partial charge in [0.15, 0.2) is 0 Å². The van der Waals surface area contributed by atoms with Crippen LogP contribution in [0.1, 0.15) is 35.9 Å². The summed E-state index contributed by atoms with van der Waals surface area (Å²) in [5, 5.41) is 3.24. The monoisotopic (exact) mass is 362 g/mol. The fourth-order valence-electron chi connectivity index (χ4n) is 2.35. The molecule has 5 nitrogen and oxygen atoms in total. The Balaban J connectivity index is 1.78. The number of imidazole rings is 1. The van der Waals surface area contributed by atoms with E-state index in [1.54, 1.807) is 0 Å². The Kier molecular flexibility index (Phi) is 5.02. The Morgan fingerprint density at radius 3 is 2.88 bits per heavy atom. The zero-order valence-electron chi connectivity index (χ0n) is 13.1. The van der Waals surface area contributed by atoms with Crippen LogP contribution in [0.4, 0.5) is 5.69 Å². The summed E-state index contributed by atoms with van der Waals surface area (Å²) in [6.45, 7) is 2.15. The summed E-state index contributed by atoms with van der Waals surface area (Å²) in [7, 11) is 0. The predicted molar refractivity (Wildman–Crippen MR) is 96.9 cm³/mol. The van der Waals surface area contributed by atoms with Crippen LogP contribution in [0.25, 0.3) is 11.0 Å². The molecule has 0 atom stereocenters. The van der Waals surface area contributed by atoms with Gasteiger partial charge in [0.05, 0.1) is 21.6 Å². The fraction of sp³-hybridized carbons (Fsp3) is 0.235. The van der Waals surface area contributed by atoms with Crippen LogP contribution in [0.3, 0.4) is 0 Å². The number of hydrogen-bond donors (Lipinski definition) is 2. The lowest BCUT2D eigenvalue weighted by Crippen LogP contribution is -2.12. The zero-order chi connectivity index (χ0) is 17.1. The van der Waals surface area contributed by atoms with Crippen LogP contribution in [0.2, 0.25) is 10.2 Å². The molecular formula is C17H16Cl2N4O. The fourth-order valence-corrected chi connectivity index (χ4v) is 2.62. The number of unbranched alkanes of at least 4 members (excludes halogenated alkanes) is 1. The number of anilines is 1. The summed E-state index contributed by atoms with van der Waals surface area (Å²) in [4.78, 5) is 24.0. The van der Waals surface area contributed by atoms with E-state index in [1.165, 1.54) is 12.3 Å². The quantitative estimate of drug-likeness (QED) is 0.636. The molecule has 24 heavy (non-hydrogen) atoms. The molecule has 0 saturated carbocycles. The van der Waals surface area contributed by atoms with E-state index in [2.05, 4.69) is 27.2 Å². The molecule has 0 saturated heterocycles. The number of fused-ring (bicyclic) bond motifs is 1. The highest BCUT2D eigenvalue weighted by Gasteiger charge is 2.10. The lowest BCUT2D eigenvalue weighted by molar-refractivity contribution is 0.102. The van der Waals surface area contributed by atoms with Gasteiger partial charge in [-0.15, -0.1) is 0 Å². The molecule has 0 aliphatic rings. The molecule has 0 fully saturated rings. The third-order valence-corrected chi connectivity index (χ3v) is 4.30. The van der Waals surface area contributed by atoms with Gasteiger partial charge in [-0.05, 0) is 30.7 Å². The van der Waals surface area contributed by atoms with E-state index in [9.17, 15) is 4.79 Å². The van der Waals surface area contributed by atoms with E-state index in [-0.39, 0.29) is 16.1 Å². The predicted octanol–water partition coefficient (Wildman–Crippen LogP) is 4.86. The number of carbonyl (C=O) groups excluding carboxylic acids is 1. The van der Waals surface area contributed by atoms with E-state index in [1.807, 2.05) is 18.2 Å². The van der Waals surface area contributed by atoms with Gasteiger partial charge >= 0.3 is 0 Å². The Morgan fingerprint density at radius 1 is 1.29 bits per heavy atom. The summed E-state index contributed by atoms with van der Waals surface area (Å²) < 4.78 is 0. The second kappa shape index (κ2) is 7.20. The number of nitrogens with one attached hydrogen (secondary N) is 2. The van der Waals surface area contributed by atoms with Crippen LogP contribution >= 0.6 is 23.2 Å². The van der Waals surface area contributed by atoms with Gasteiger partial charge in [0.1, 0.15) is 11.0 Å². The minimum atomic E-state index is -0.300. The molecule has 3 rings (SSSR count). The van der Waals surface area contributed by atoms with Gasteiger partial charge in [0.2, 0.25) is 0 Å². The third-order valence-electron chi connectivity index (χ3n) is 3.61. The van der Waals surface area contributed by atoms with Crippen molar-refractivity contribution < 1.29 is 4.79 Å². The topological polar surface area (TPSA) is 70.7 Å². The Morgan fingerprint density at radius 2 is 2.12 bits per heavy atom. The first kappa shape index (κ1) is 16.7. The number of carbonyl (C=O) groups is 1. The largest absolute Gasteiger partial charge is 0.342 e. The molecular weight excluding hydrogens is 347 g/mol. The number of aryl methyl sites for hydroxylation is 1. The zero-order valence-corrected chi connectivity index (χ0v) is 14.6. The number of aromatic amines is 1. The number of rotatable bonds is 5. The molecule has 2 N–H and O–H groups in total. The van der Waals surface area contributed by atoms with Crippen molar-refractivity contribution in [1.29, 1.82) is 0 Å². The average Bonchev–Trinajstić information content (AvgIpc) is 2.97. The molecule has 0 aliphatic heterocycles. The van der Waals surface area contributed by atoms with Crippen molar-refractivity contribution in [2.45, 2.75) is 26.2 Å². The van der Waals surface area contributed by atoms with E-state index in [0.29, 0.717) is 11.3 Å². The number of hydrogen-bond acceptors (Lipinski definition) is 3. The molecule has 0 spiro atoms. The van der Waals surface area contributed by atoms with Crippen LogP contribution in [-0.4, -0.2) is 20.9 Å². The summed E-state index contributed by atoms with van der Waals surface area (Å²) in [5.74, 6) is 0.662. The van der Waals surface area contributed by atoms with Crippen molar-refractivity contribution in [3.05, 3.63) is 52.0 Å². The van der Waals surface area contributed by atoms with Gasteiger partial charge in [-0.25, -0.2) is 9.97 Å². The van der Waals surface area contributed by atoms with Crippen molar-refractivity contribution >= 4 is 45.8 Å². The number of H-pyrrole nitrogens is 1. The number of halogens is 2. The van der Waals surface area contributed by atoms with Gasteiger partial charge in [-0.3, -0.25) is 4.79 Å². The molecule has 0 unspecified atom stereocenters. The molecule has 0 aliphatic carbocycles. The van der Waals surface area contributed by atoms with E-state index in [0.717, 1.165) is 36.1 Å². The smallest absolute Gasteiger partial charge is 0.257 e. The lowest BCUT2D eigenvalue weighted by Gasteiger charge is -2.05. The first-order valence-electron chi connectivity index (χ1n) is 7.68. The average molecular weight is 363 g/mol. The minimum Gasteiger partial charge on any atom is -0.342 e. The van der Waals surface area contributed by atoms with Crippen LogP contribution in [0, 0.1) is 0 Å². The number of aromatic nitrogens is 3. The third kappa shape index (κ3) is 3.68. The summed E-state index contributed by atoms with van der Waals surface area (Å²) in [5.41, 5.74) is 2.79. The minimum absolute atomic E-state index is 0.173. The number of nitrogens with zero attached hydrogens (tertiary/aromatic N) is 2. The highest BCUT2D eigenvalue weighted by molar-refractivity contribution is 6.41. The van der Waals surface area contributed by atoms with E-state index < -0.39 is 0 Å². The molecule has 3 aromatic rings. The van der Waals surface area contributed by atoms with Gasteiger partial charge in [0, 0.05) is 18.3 Å². The number of benzene rings is 1. The van der Waals surface area contributed by atoms with Crippen LogP contribution < -0.4 is 5.32 Å². The first-order chi connectivity index (χ1) is 11.6. The highest BCUT2D eigenvalue weighted by atomic mass is 35.5. The highest BCUT2D eigenvalue weighted by Crippen LogP contribution is 2.22. The van der Waals surface area contributed by atoms with Crippen molar-refractivity contribution in [2.75, 3.05) is 5.32 Å². The van der Waals surface area contributed by atoms with Gasteiger partial charge < -0.3 is 10.3 Å². The number of pyridine rings is 1. The van der Waals surface area contributed by atoms with E-state index >= 15 is 0 Å². The molecule has 2 heterocycles. The summed E-state index contributed by atoms with van der Waals surface area (Å²) >= 11 is 11.7. The van der Waals surface area contributed by atoms with Crippen molar-refractivity contribution in [2.24, 2.45) is 0 Å². The van der Waals surface area contributed by atoms with Gasteiger partial charge in [-0.2, -0.15) is 0 Å². The van der Waals surface area contributed by atoms with Crippen molar-refractivity contribution in [3.63, 3.8) is 0 Å². The van der Waals surface area contributed by atoms with Gasteiger partial charge in [0.25, 0.3) is 5.91 Å². The summed E-state index contributed by atoms with van der Waals surface area (Å²) in [6.07, 6.45) is 4.52. The van der Waals surface area contributed by atoms with Crippen LogP contribution in [-0.2, 0) is 6.42 Å². The second-order valence-electron chi connectivity index (χ2n) is 5.47. The number of amides is 1. The molecule has 7 heteroatoms. The lowest BCUT2D eigenvalue weighted by atomic mass is 10.2. The van der Waals surface area contributed by atoms with Crippen molar-refractivity contribution in [3.8, 4) is 0 Å². The molecule has 124 valence electrons. The van der Waals surface area contributed by atoms with Crippen molar-refractivity contribution in [1.82, 2.24) is 15.0 Å². The SMILES string of the molecule is CCCCc1nc2ccc(NC(=O)c3cnc(Cl)c(Cl)c3)cc2[nH]1. The molecule has 0 bridgehead atoms. The standard InChI is InChI=1S/C17H16Cl2N4O/c1-2-3-4-15-22-13-6-5-11(8-14(13)23-15)21-17(24)10-7-12(18)16(19)20-9-10/h5-9H,2-4H2,1H3,(H,21,24)(H,22,23). The molecule has 0 radical (unpaired) electrons. The second-order valence-corrected chi connectivity index (χ2v) is 6.23. The Bertz CT molecular complexity index is 891. The normalized spacial score (nSPS) is 11.0. The molecule has 2 aromatic heterocycles. The summed E-state index contributed by atoms with van der Waals surface area (Å²) in [6, 6.07) is 7.05. The molecule has 1 amide bonds. The maximum Gasteiger partial charge on any atom is 0.257 e. The van der Waals surface area contributed by atoms with Gasteiger partial charge in [-0.1, -0.05) is 36.5 Å². The van der Waals surface area contributed by atoms with Crippen LogP contribution in [0.5, 0.6) is 0 Å². The first-order valence-corrected chi connectivity index (χ1v) is 8.43. The van der Waals surface area contributed by atoms with Crippen LogP contribution in [0.15, 0.2) is 30.5 Å². The Labute approximate surface area is 149 Å². The maximum absolute atomic E-state index is 12.3. The Hall–Kier alpha value is -2.11.